The topological polar surface area (TPSA) is 72.2 Å². The molecule has 3 rings (SSSR count). The van der Waals surface area contributed by atoms with Gasteiger partial charge in [0.2, 0.25) is 0 Å². The number of benzene rings is 2. The van der Waals surface area contributed by atoms with Gasteiger partial charge in [-0.1, -0.05) is 30.3 Å². The highest BCUT2D eigenvalue weighted by molar-refractivity contribution is 5.89. The highest BCUT2D eigenvalue weighted by Gasteiger charge is 2.11. The quantitative estimate of drug-likeness (QED) is 0.797. The molecule has 0 radical (unpaired) electrons. The molecule has 5 heteroatoms. The van der Waals surface area contributed by atoms with Crippen LogP contribution in [0.1, 0.15) is 15.9 Å². The van der Waals surface area contributed by atoms with E-state index in [1.54, 1.807) is 24.3 Å². The molecule has 0 amide bonds. The van der Waals surface area contributed by atoms with E-state index in [4.69, 9.17) is 0 Å². The highest BCUT2D eigenvalue weighted by Crippen LogP contribution is 2.14. The minimum atomic E-state index is -1.00. The number of carboxylic acids is 1. The zero-order valence-electron chi connectivity index (χ0n) is 11.1. The molecule has 0 atom stereocenters. The van der Waals surface area contributed by atoms with E-state index in [9.17, 15) is 14.7 Å². The van der Waals surface area contributed by atoms with Crippen LogP contribution in [0.15, 0.2) is 59.5 Å². The van der Waals surface area contributed by atoms with Crippen molar-refractivity contribution in [1.82, 2.24) is 9.55 Å². The van der Waals surface area contributed by atoms with E-state index < -0.39 is 5.97 Å². The minimum Gasteiger partial charge on any atom is -0.478 e. The van der Waals surface area contributed by atoms with Crippen molar-refractivity contribution in [1.29, 1.82) is 0 Å². The average molecular weight is 280 g/mol. The maximum absolute atomic E-state index is 12.1. The third-order valence-electron chi connectivity index (χ3n) is 3.33. The van der Waals surface area contributed by atoms with Crippen molar-refractivity contribution < 1.29 is 9.90 Å². The second-order valence-electron chi connectivity index (χ2n) is 4.63. The fourth-order valence-corrected chi connectivity index (χ4v) is 2.32. The van der Waals surface area contributed by atoms with Gasteiger partial charge in [0.05, 0.1) is 29.3 Å². The standard InChI is InChI=1S/C16H12N2O3/c19-15-9-17-13-7-3-4-8-14(13)18(15)10-11-5-1-2-6-12(11)16(20)21/h1-9H,10H2,(H,20,21). The number of para-hydroxylation sites is 2. The Labute approximate surface area is 120 Å². The van der Waals surface area contributed by atoms with Crippen molar-refractivity contribution >= 4 is 17.0 Å². The van der Waals surface area contributed by atoms with Gasteiger partial charge in [0.1, 0.15) is 0 Å². The Balaban J connectivity index is 2.17. The first-order valence-electron chi connectivity index (χ1n) is 6.42. The SMILES string of the molecule is O=C(O)c1ccccc1Cn1c(=O)cnc2ccccc21. The number of aromatic carboxylic acids is 1. The van der Waals surface area contributed by atoms with Crippen LogP contribution < -0.4 is 5.56 Å². The number of rotatable bonds is 3. The summed E-state index contributed by atoms with van der Waals surface area (Å²) in [6, 6.07) is 14.0. The maximum Gasteiger partial charge on any atom is 0.336 e. The predicted molar refractivity (Wildman–Crippen MR) is 78.5 cm³/mol. The summed E-state index contributed by atoms with van der Waals surface area (Å²) < 4.78 is 1.53. The van der Waals surface area contributed by atoms with E-state index in [0.717, 1.165) is 0 Å². The number of hydrogen-bond donors (Lipinski definition) is 1. The Morgan fingerprint density at radius 1 is 1.10 bits per heavy atom. The molecule has 5 nitrogen and oxygen atoms in total. The van der Waals surface area contributed by atoms with Crippen LogP contribution in [0.5, 0.6) is 0 Å². The van der Waals surface area contributed by atoms with Crippen LogP contribution in [-0.2, 0) is 6.54 Å². The summed E-state index contributed by atoms with van der Waals surface area (Å²) in [5, 5.41) is 9.23. The second kappa shape index (κ2) is 5.20. The first-order valence-corrected chi connectivity index (χ1v) is 6.42. The van der Waals surface area contributed by atoms with Crippen LogP contribution in [0.4, 0.5) is 0 Å². The molecular weight excluding hydrogens is 268 g/mol. The van der Waals surface area contributed by atoms with Gasteiger partial charge in [-0.05, 0) is 23.8 Å². The largest absolute Gasteiger partial charge is 0.478 e. The lowest BCUT2D eigenvalue weighted by Gasteiger charge is -2.11. The molecule has 21 heavy (non-hydrogen) atoms. The summed E-state index contributed by atoms with van der Waals surface area (Å²) in [6.45, 7) is 0.199. The molecule has 0 unspecified atom stereocenters. The summed E-state index contributed by atoms with van der Waals surface area (Å²) in [6.07, 6.45) is 1.26. The Bertz CT molecular complexity index is 884. The van der Waals surface area contributed by atoms with Gasteiger partial charge in [-0.15, -0.1) is 0 Å². The Morgan fingerprint density at radius 2 is 1.81 bits per heavy atom. The zero-order valence-corrected chi connectivity index (χ0v) is 11.1. The van der Waals surface area contributed by atoms with Crippen molar-refractivity contribution in [3.63, 3.8) is 0 Å². The molecule has 104 valence electrons. The van der Waals surface area contributed by atoms with Gasteiger partial charge in [0, 0.05) is 0 Å². The summed E-state index contributed by atoms with van der Waals surface area (Å²) in [4.78, 5) is 27.4. The second-order valence-corrected chi connectivity index (χ2v) is 4.63. The van der Waals surface area contributed by atoms with Crippen molar-refractivity contribution in [2.24, 2.45) is 0 Å². The fraction of sp³-hybridized carbons (Fsp3) is 0.0625. The molecule has 1 N–H and O–H groups in total. The molecule has 0 aliphatic rings. The van der Waals surface area contributed by atoms with Crippen LogP contribution in [0.25, 0.3) is 11.0 Å². The smallest absolute Gasteiger partial charge is 0.336 e. The van der Waals surface area contributed by atoms with E-state index >= 15 is 0 Å². The Hall–Kier alpha value is -2.95. The third kappa shape index (κ3) is 2.41. The lowest BCUT2D eigenvalue weighted by Crippen LogP contribution is -2.22. The zero-order chi connectivity index (χ0) is 14.8. The van der Waals surface area contributed by atoms with Crippen molar-refractivity contribution in [3.05, 3.63) is 76.2 Å². The Kier molecular flexibility index (Phi) is 3.23. The monoisotopic (exact) mass is 280 g/mol. The molecule has 0 saturated carbocycles. The molecule has 0 saturated heterocycles. The van der Waals surface area contributed by atoms with Gasteiger partial charge in [-0.2, -0.15) is 0 Å². The maximum atomic E-state index is 12.1. The van der Waals surface area contributed by atoms with Gasteiger partial charge >= 0.3 is 5.97 Å². The number of carboxylic acid groups (broad SMARTS) is 1. The van der Waals surface area contributed by atoms with E-state index in [0.29, 0.717) is 16.6 Å². The molecule has 2 aromatic carbocycles. The molecule has 0 bridgehead atoms. The van der Waals surface area contributed by atoms with E-state index in [1.165, 1.54) is 16.8 Å². The van der Waals surface area contributed by atoms with Gasteiger partial charge < -0.3 is 9.67 Å². The van der Waals surface area contributed by atoms with Gasteiger partial charge in [-0.3, -0.25) is 4.79 Å². The molecule has 3 aromatic rings. The highest BCUT2D eigenvalue weighted by atomic mass is 16.4. The summed E-state index contributed by atoms with van der Waals surface area (Å²) in [7, 11) is 0. The first-order chi connectivity index (χ1) is 10.2. The molecule has 0 fully saturated rings. The van der Waals surface area contributed by atoms with Crippen molar-refractivity contribution in [2.45, 2.75) is 6.54 Å². The predicted octanol–water partition coefficient (Wildman–Crippen LogP) is 2.14. The van der Waals surface area contributed by atoms with Crippen LogP contribution in [0, 0.1) is 0 Å². The number of aromatic nitrogens is 2. The molecular formula is C16H12N2O3. The number of hydrogen-bond acceptors (Lipinski definition) is 3. The normalized spacial score (nSPS) is 10.7. The lowest BCUT2D eigenvalue weighted by atomic mass is 10.1. The van der Waals surface area contributed by atoms with Gasteiger partial charge in [-0.25, -0.2) is 9.78 Å². The van der Waals surface area contributed by atoms with Crippen LogP contribution in [0.3, 0.4) is 0 Å². The molecule has 1 heterocycles. The van der Waals surface area contributed by atoms with Crippen LogP contribution in [-0.4, -0.2) is 20.6 Å². The molecule has 0 spiro atoms. The summed E-state index contributed by atoms with van der Waals surface area (Å²) >= 11 is 0. The summed E-state index contributed by atoms with van der Waals surface area (Å²) in [5.74, 6) is -1.00. The van der Waals surface area contributed by atoms with Crippen LogP contribution in [0.2, 0.25) is 0 Å². The number of carbonyl (C=O) groups is 1. The van der Waals surface area contributed by atoms with Crippen LogP contribution >= 0.6 is 0 Å². The molecule has 0 aliphatic carbocycles. The first kappa shape index (κ1) is 13.1. The van der Waals surface area contributed by atoms with Gasteiger partial charge in [0.25, 0.3) is 5.56 Å². The molecule has 1 aromatic heterocycles. The number of fused-ring (bicyclic) bond motifs is 1. The fourth-order valence-electron chi connectivity index (χ4n) is 2.32. The minimum absolute atomic E-state index is 0.199. The van der Waals surface area contributed by atoms with Crippen molar-refractivity contribution in [2.75, 3.05) is 0 Å². The average Bonchev–Trinajstić information content (AvgIpc) is 2.50. The van der Waals surface area contributed by atoms with E-state index in [1.807, 2.05) is 18.2 Å². The van der Waals surface area contributed by atoms with E-state index in [2.05, 4.69) is 4.98 Å². The number of nitrogens with zero attached hydrogens (tertiary/aromatic N) is 2. The lowest BCUT2D eigenvalue weighted by molar-refractivity contribution is 0.0695. The summed E-state index contributed by atoms with van der Waals surface area (Å²) in [5.41, 5.74) is 1.91. The van der Waals surface area contributed by atoms with Gasteiger partial charge in [0.15, 0.2) is 0 Å². The van der Waals surface area contributed by atoms with Crippen molar-refractivity contribution in [3.8, 4) is 0 Å². The molecule has 0 aliphatic heterocycles. The van der Waals surface area contributed by atoms with E-state index in [-0.39, 0.29) is 17.7 Å². The Morgan fingerprint density at radius 3 is 2.62 bits per heavy atom. The third-order valence-corrected chi connectivity index (χ3v) is 3.33.